The van der Waals surface area contributed by atoms with Crippen LogP contribution in [-0.4, -0.2) is 17.8 Å². The van der Waals surface area contributed by atoms with E-state index in [0.717, 1.165) is 6.07 Å². The number of nitrogens with one attached hydrogen (secondary N) is 1. The van der Waals surface area contributed by atoms with E-state index < -0.39 is 11.6 Å². The molecule has 0 aliphatic rings. The predicted octanol–water partition coefficient (Wildman–Crippen LogP) is 3.02. The zero-order chi connectivity index (χ0) is 13.7. The Morgan fingerprint density at radius 1 is 1.22 bits per heavy atom. The van der Waals surface area contributed by atoms with Gasteiger partial charge in [-0.3, -0.25) is 0 Å². The predicted molar refractivity (Wildman–Crippen MR) is 68.2 cm³/mol. The SMILES string of the molecule is CC(NC(CCO)C(C)C)c1cccc(F)c1F. The van der Waals surface area contributed by atoms with Gasteiger partial charge < -0.3 is 10.4 Å². The van der Waals surface area contributed by atoms with E-state index in [4.69, 9.17) is 5.11 Å². The maximum absolute atomic E-state index is 13.6. The van der Waals surface area contributed by atoms with Crippen molar-refractivity contribution in [3.05, 3.63) is 35.4 Å². The average molecular weight is 257 g/mol. The second-order valence-corrected chi connectivity index (χ2v) is 4.89. The van der Waals surface area contributed by atoms with Gasteiger partial charge in [-0.05, 0) is 25.3 Å². The van der Waals surface area contributed by atoms with Crippen molar-refractivity contribution in [2.45, 2.75) is 39.3 Å². The van der Waals surface area contributed by atoms with Crippen molar-refractivity contribution in [3.63, 3.8) is 0 Å². The molecule has 102 valence electrons. The van der Waals surface area contributed by atoms with E-state index in [1.54, 1.807) is 13.0 Å². The van der Waals surface area contributed by atoms with Gasteiger partial charge in [-0.1, -0.05) is 26.0 Å². The van der Waals surface area contributed by atoms with E-state index in [1.807, 2.05) is 13.8 Å². The maximum atomic E-state index is 13.6. The summed E-state index contributed by atoms with van der Waals surface area (Å²) < 4.78 is 26.8. The second kappa shape index (κ2) is 6.81. The number of hydrogen-bond acceptors (Lipinski definition) is 2. The molecule has 2 atom stereocenters. The van der Waals surface area contributed by atoms with E-state index in [0.29, 0.717) is 17.9 Å². The summed E-state index contributed by atoms with van der Waals surface area (Å²) >= 11 is 0. The lowest BCUT2D eigenvalue weighted by Crippen LogP contribution is -2.36. The molecule has 1 rings (SSSR count). The smallest absolute Gasteiger partial charge is 0.163 e. The Morgan fingerprint density at radius 2 is 1.89 bits per heavy atom. The maximum Gasteiger partial charge on any atom is 0.163 e. The van der Waals surface area contributed by atoms with Crippen LogP contribution in [0.4, 0.5) is 8.78 Å². The fourth-order valence-electron chi connectivity index (χ4n) is 2.01. The van der Waals surface area contributed by atoms with E-state index in [-0.39, 0.29) is 18.7 Å². The molecular formula is C14H21F2NO. The third-order valence-electron chi connectivity index (χ3n) is 3.16. The molecule has 0 spiro atoms. The van der Waals surface area contributed by atoms with Crippen LogP contribution in [0.15, 0.2) is 18.2 Å². The number of halogens is 2. The molecule has 0 aromatic heterocycles. The third kappa shape index (κ3) is 3.75. The fraction of sp³-hybridized carbons (Fsp3) is 0.571. The summed E-state index contributed by atoms with van der Waals surface area (Å²) in [5.41, 5.74) is 0.318. The van der Waals surface area contributed by atoms with Gasteiger partial charge in [0.05, 0.1) is 0 Å². The first kappa shape index (κ1) is 15.1. The summed E-state index contributed by atoms with van der Waals surface area (Å²) in [5, 5.41) is 12.2. The molecule has 0 radical (unpaired) electrons. The van der Waals surface area contributed by atoms with Crippen LogP contribution in [0.2, 0.25) is 0 Å². The van der Waals surface area contributed by atoms with Crippen molar-refractivity contribution >= 4 is 0 Å². The zero-order valence-corrected chi connectivity index (χ0v) is 11.1. The van der Waals surface area contributed by atoms with Crippen LogP contribution in [0.1, 0.15) is 38.8 Å². The summed E-state index contributed by atoms with van der Waals surface area (Å²) in [6.07, 6.45) is 0.596. The highest BCUT2D eigenvalue weighted by molar-refractivity contribution is 5.22. The first-order chi connectivity index (χ1) is 8.47. The first-order valence-electron chi connectivity index (χ1n) is 6.28. The Balaban J connectivity index is 2.80. The van der Waals surface area contributed by atoms with E-state index in [9.17, 15) is 8.78 Å². The zero-order valence-electron chi connectivity index (χ0n) is 11.1. The molecule has 0 saturated carbocycles. The normalized spacial score (nSPS) is 14.8. The van der Waals surface area contributed by atoms with E-state index in [2.05, 4.69) is 5.32 Å². The molecule has 0 bridgehead atoms. The molecule has 18 heavy (non-hydrogen) atoms. The van der Waals surface area contributed by atoms with Crippen molar-refractivity contribution in [1.82, 2.24) is 5.32 Å². The average Bonchev–Trinajstić information content (AvgIpc) is 2.31. The van der Waals surface area contributed by atoms with Crippen LogP contribution in [0.3, 0.4) is 0 Å². The van der Waals surface area contributed by atoms with Crippen LogP contribution in [0.25, 0.3) is 0 Å². The topological polar surface area (TPSA) is 32.3 Å². The summed E-state index contributed by atoms with van der Waals surface area (Å²) in [4.78, 5) is 0. The highest BCUT2D eigenvalue weighted by atomic mass is 19.2. The van der Waals surface area contributed by atoms with Gasteiger partial charge >= 0.3 is 0 Å². The Hall–Kier alpha value is -1.00. The minimum atomic E-state index is -0.829. The molecule has 0 amide bonds. The minimum absolute atomic E-state index is 0.0765. The third-order valence-corrected chi connectivity index (χ3v) is 3.16. The monoisotopic (exact) mass is 257 g/mol. The molecule has 1 aromatic carbocycles. The summed E-state index contributed by atoms with van der Waals surface area (Å²) in [7, 11) is 0. The minimum Gasteiger partial charge on any atom is -0.396 e. The standard InChI is InChI=1S/C14H21F2NO/c1-9(2)13(7-8-18)17-10(3)11-5-4-6-12(15)14(11)16/h4-6,9-10,13,17-18H,7-8H2,1-3H3. The molecule has 4 heteroatoms. The molecule has 0 saturated heterocycles. The van der Waals surface area contributed by atoms with Crippen molar-refractivity contribution in [2.24, 2.45) is 5.92 Å². The summed E-state index contributed by atoms with van der Waals surface area (Å²) in [6, 6.07) is 3.97. The van der Waals surface area contributed by atoms with E-state index in [1.165, 1.54) is 6.07 Å². The summed E-state index contributed by atoms with van der Waals surface area (Å²) in [6.45, 7) is 5.93. The number of aliphatic hydroxyl groups excluding tert-OH is 1. The molecule has 0 fully saturated rings. The van der Waals surface area contributed by atoms with E-state index >= 15 is 0 Å². The largest absolute Gasteiger partial charge is 0.396 e. The van der Waals surface area contributed by atoms with Gasteiger partial charge in [-0.15, -0.1) is 0 Å². The highest BCUT2D eigenvalue weighted by Crippen LogP contribution is 2.21. The van der Waals surface area contributed by atoms with Crippen molar-refractivity contribution < 1.29 is 13.9 Å². The van der Waals surface area contributed by atoms with Crippen molar-refractivity contribution in [2.75, 3.05) is 6.61 Å². The molecular weight excluding hydrogens is 236 g/mol. The van der Waals surface area contributed by atoms with Gasteiger partial charge in [0, 0.05) is 24.3 Å². The van der Waals surface area contributed by atoms with Gasteiger partial charge in [0.15, 0.2) is 11.6 Å². The number of benzene rings is 1. The Morgan fingerprint density at radius 3 is 2.44 bits per heavy atom. The van der Waals surface area contributed by atoms with Gasteiger partial charge in [0.25, 0.3) is 0 Å². The molecule has 2 unspecified atom stereocenters. The van der Waals surface area contributed by atoms with Gasteiger partial charge in [0.1, 0.15) is 0 Å². The number of hydrogen-bond donors (Lipinski definition) is 2. The quantitative estimate of drug-likeness (QED) is 0.821. The van der Waals surface area contributed by atoms with Gasteiger partial charge in [-0.2, -0.15) is 0 Å². The van der Waals surface area contributed by atoms with Crippen molar-refractivity contribution in [3.8, 4) is 0 Å². The molecule has 2 nitrogen and oxygen atoms in total. The molecule has 0 heterocycles. The van der Waals surface area contributed by atoms with Crippen LogP contribution in [0, 0.1) is 17.6 Å². The second-order valence-electron chi connectivity index (χ2n) is 4.89. The fourth-order valence-corrected chi connectivity index (χ4v) is 2.01. The Bertz CT molecular complexity index is 382. The Labute approximate surface area is 107 Å². The lowest BCUT2D eigenvalue weighted by Gasteiger charge is -2.26. The number of aliphatic hydroxyl groups is 1. The lowest BCUT2D eigenvalue weighted by molar-refractivity contribution is 0.236. The number of rotatable bonds is 6. The van der Waals surface area contributed by atoms with Gasteiger partial charge in [0.2, 0.25) is 0 Å². The van der Waals surface area contributed by atoms with Crippen LogP contribution < -0.4 is 5.32 Å². The molecule has 2 N–H and O–H groups in total. The molecule has 0 aliphatic carbocycles. The summed E-state index contributed by atoms with van der Waals surface area (Å²) in [5.74, 6) is -1.32. The van der Waals surface area contributed by atoms with Crippen LogP contribution in [-0.2, 0) is 0 Å². The molecule has 0 aliphatic heterocycles. The van der Waals surface area contributed by atoms with Crippen LogP contribution >= 0.6 is 0 Å². The first-order valence-corrected chi connectivity index (χ1v) is 6.28. The Kier molecular flexibility index (Phi) is 5.69. The lowest BCUT2D eigenvalue weighted by atomic mass is 9.98. The highest BCUT2D eigenvalue weighted by Gasteiger charge is 2.19. The van der Waals surface area contributed by atoms with Crippen molar-refractivity contribution in [1.29, 1.82) is 0 Å². The molecule has 1 aromatic rings. The van der Waals surface area contributed by atoms with Crippen LogP contribution in [0.5, 0.6) is 0 Å². The van der Waals surface area contributed by atoms with Gasteiger partial charge in [-0.25, -0.2) is 8.78 Å².